The van der Waals surface area contributed by atoms with Crippen LogP contribution in [0.5, 0.6) is 5.75 Å². The number of nitrogens with zero attached hydrogens (tertiary/aromatic N) is 1. The number of nitrogens with two attached hydrogens (primary N) is 1. The predicted molar refractivity (Wildman–Crippen MR) is 87.2 cm³/mol. The van der Waals surface area contributed by atoms with E-state index in [1.54, 1.807) is 7.11 Å². The third kappa shape index (κ3) is 3.24. The lowest BCUT2D eigenvalue weighted by molar-refractivity contribution is -0.144. The lowest BCUT2D eigenvalue weighted by Crippen LogP contribution is -2.56. The Balaban J connectivity index is 2.56. The molecule has 1 aromatic rings. The molecule has 0 aromatic heterocycles. The lowest BCUT2D eigenvalue weighted by Gasteiger charge is -2.47. The molecular formula is C16H23BrN2O2. The van der Waals surface area contributed by atoms with Gasteiger partial charge < -0.3 is 15.4 Å². The van der Waals surface area contributed by atoms with Crippen LogP contribution in [0, 0.1) is 0 Å². The third-order valence-electron chi connectivity index (χ3n) is 3.88. The Morgan fingerprint density at radius 2 is 2.05 bits per heavy atom. The van der Waals surface area contributed by atoms with Crippen LogP contribution in [0.3, 0.4) is 0 Å². The Labute approximate surface area is 134 Å². The molecule has 2 N–H and O–H groups in total. The molecule has 0 aliphatic carbocycles. The lowest BCUT2D eigenvalue weighted by atomic mass is 9.86. The maximum atomic E-state index is 12.5. The zero-order valence-electron chi connectivity index (χ0n) is 13.0. The van der Waals surface area contributed by atoms with E-state index in [0.717, 1.165) is 15.8 Å². The van der Waals surface area contributed by atoms with E-state index in [4.69, 9.17) is 10.5 Å². The van der Waals surface area contributed by atoms with Gasteiger partial charge in [-0.1, -0.05) is 15.9 Å². The normalized spacial score (nSPS) is 23.3. The second-order valence-electron chi connectivity index (χ2n) is 6.47. The van der Waals surface area contributed by atoms with Crippen molar-refractivity contribution in [3.05, 3.63) is 28.2 Å². The highest BCUT2D eigenvalue weighted by molar-refractivity contribution is 9.10. The van der Waals surface area contributed by atoms with Gasteiger partial charge in [0, 0.05) is 28.0 Å². The standard InChI is InChI=1S/C16H23BrN2O2/c1-16(2,3)19-14(20)8-6-12(18)15(19)11-9-10(17)5-7-13(11)21-4/h5,7,9,12,15H,6,8,18H2,1-4H3. The van der Waals surface area contributed by atoms with Crippen molar-refractivity contribution in [1.29, 1.82) is 0 Å². The molecule has 2 atom stereocenters. The number of ether oxygens (including phenoxy) is 1. The van der Waals surface area contributed by atoms with Crippen LogP contribution in [0.1, 0.15) is 45.2 Å². The molecule has 5 heteroatoms. The maximum Gasteiger partial charge on any atom is 0.223 e. The van der Waals surface area contributed by atoms with Crippen LogP contribution in [0.4, 0.5) is 0 Å². The van der Waals surface area contributed by atoms with E-state index in [1.807, 2.05) is 43.9 Å². The zero-order valence-corrected chi connectivity index (χ0v) is 14.6. The summed E-state index contributed by atoms with van der Waals surface area (Å²) >= 11 is 3.50. The number of hydrogen-bond donors (Lipinski definition) is 1. The van der Waals surface area contributed by atoms with Crippen LogP contribution in [-0.4, -0.2) is 29.5 Å². The van der Waals surface area contributed by atoms with Gasteiger partial charge in [-0.3, -0.25) is 4.79 Å². The number of rotatable bonds is 2. The van der Waals surface area contributed by atoms with Gasteiger partial charge in [0.1, 0.15) is 5.75 Å². The average molecular weight is 355 g/mol. The van der Waals surface area contributed by atoms with E-state index in [9.17, 15) is 4.79 Å². The summed E-state index contributed by atoms with van der Waals surface area (Å²) < 4.78 is 6.44. The number of likely N-dealkylation sites (tertiary alicyclic amines) is 1. The maximum absolute atomic E-state index is 12.5. The van der Waals surface area contributed by atoms with Crippen LogP contribution in [0.25, 0.3) is 0 Å². The first-order chi connectivity index (χ1) is 9.75. The molecule has 1 aromatic carbocycles. The summed E-state index contributed by atoms with van der Waals surface area (Å²) in [6.45, 7) is 6.13. The van der Waals surface area contributed by atoms with Crippen LogP contribution in [0.15, 0.2) is 22.7 Å². The topological polar surface area (TPSA) is 55.6 Å². The highest BCUT2D eigenvalue weighted by Gasteiger charge is 2.41. The van der Waals surface area contributed by atoms with Crippen molar-refractivity contribution in [1.82, 2.24) is 4.90 Å². The smallest absolute Gasteiger partial charge is 0.223 e. The predicted octanol–water partition coefficient (Wildman–Crippen LogP) is 3.25. The SMILES string of the molecule is COc1ccc(Br)cc1C1C(N)CCC(=O)N1C(C)(C)C. The number of benzene rings is 1. The molecule has 0 spiro atoms. The van der Waals surface area contributed by atoms with E-state index in [2.05, 4.69) is 15.9 Å². The van der Waals surface area contributed by atoms with Crippen molar-refractivity contribution in [3.8, 4) is 5.75 Å². The summed E-state index contributed by atoms with van der Waals surface area (Å²) in [5, 5.41) is 0. The van der Waals surface area contributed by atoms with E-state index in [0.29, 0.717) is 12.8 Å². The van der Waals surface area contributed by atoms with Gasteiger partial charge in [0.2, 0.25) is 5.91 Å². The molecule has 4 nitrogen and oxygen atoms in total. The molecule has 1 aliphatic rings. The molecule has 1 heterocycles. The van der Waals surface area contributed by atoms with Gasteiger partial charge in [0.05, 0.1) is 13.2 Å². The van der Waals surface area contributed by atoms with Gasteiger partial charge in [-0.15, -0.1) is 0 Å². The molecule has 116 valence electrons. The number of carbonyl (C=O) groups excluding carboxylic acids is 1. The van der Waals surface area contributed by atoms with Crippen LogP contribution >= 0.6 is 15.9 Å². The van der Waals surface area contributed by atoms with Crippen molar-refractivity contribution >= 4 is 21.8 Å². The fourth-order valence-corrected chi connectivity index (χ4v) is 3.39. The van der Waals surface area contributed by atoms with Gasteiger partial charge in [0.25, 0.3) is 0 Å². The molecule has 1 fully saturated rings. The van der Waals surface area contributed by atoms with Gasteiger partial charge in [0.15, 0.2) is 0 Å². The number of piperidine rings is 1. The van der Waals surface area contributed by atoms with E-state index < -0.39 is 0 Å². The van der Waals surface area contributed by atoms with Crippen LogP contribution < -0.4 is 10.5 Å². The van der Waals surface area contributed by atoms with Gasteiger partial charge in [-0.05, 0) is 45.4 Å². The molecule has 2 rings (SSSR count). The summed E-state index contributed by atoms with van der Waals surface area (Å²) in [6.07, 6.45) is 1.21. The summed E-state index contributed by atoms with van der Waals surface area (Å²) in [4.78, 5) is 14.4. The number of hydrogen-bond acceptors (Lipinski definition) is 3. The Morgan fingerprint density at radius 3 is 2.62 bits per heavy atom. The molecule has 0 saturated carbocycles. The number of halogens is 1. The van der Waals surface area contributed by atoms with E-state index in [-0.39, 0.29) is 23.5 Å². The fraction of sp³-hybridized carbons (Fsp3) is 0.562. The van der Waals surface area contributed by atoms with Crippen LogP contribution in [0.2, 0.25) is 0 Å². The first-order valence-corrected chi connectivity index (χ1v) is 7.96. The van der Waals surface area contributed by atoms with Gasteiger partial charge >= 0.3 is 0 Å². The molecule has 1 saturated heterocycles. The highest BCUT2D eigenvalue weighted by Crippen LogP contribution is 2.40. The summed E-state index contributed by atoms with van der Waals surface area (Å²) in [6, 6.07) is 5.58. The first-order valence-electron chi connectivity index (χ1n) is 7.17. The van der Waals surface area contributed by atoms with Crippen LogP contribution in [-0.2, 0) is 4.79 Å². The minimum atomic E-state index is -0.285. The number of methoxy groups -OCH3 is 1. The minimum Gasteiger partial charge on any atom is -0.496 e. The summed E-state index contributed by atoms with van der Waals surface area (Å²) in [5.41, 5.74) is 7.05. The largest absolute Gasteiger partial charge is 0.496 e. The molecular weight excluding hydrogens is 332 g/mol. The van der Waals surface area contributed by atoms with Crippen molar-refractivity contribution in [2.45, 2.75) is 51.2 Å². The highest BCUT2D eigenvalue weighted by atomic mass is 79.9. The Kier molecular flexibility index (Phi) is 4.63. The molecule has 2 unspecified atom stereocenters. The first kappa shape index (κ1) is 16.3. The molecule has 0 bridgehead atoms. The molecule has 1 aliphatic heterocycles. The van der Waals surface area contributed by atoms with Crippen molar-refractivity contribution < 1.29 is 9.53 Å². The summed E-state index contributed by atoms with van der Waals surface area (Å²) in [7, 11) is 1.64. The third-order valence-corrected chi connectivity index (χ3v) is 4.37. The Morgan fingerprint density at radius 1 is 1.38 bits per heavy atom. The number of amides is 1. The Bertz CT molecular complexity index is 540. The Hall–Kier alpha value is -1.07. The van der Waals surface area contributed by atoms with Gasteiger partial charge in [-0.2, -0.15) is 0 Å². The fourth-order valence-electron chi connectivity index (χ4n) is 3.01. The minimum absolute atomic E-state index is 0.0925. The molecule has 21 heavy (non-hydrogen) atoms. The molecule has 0 radical (unpaired) electrons. The van der Waals surface area contributed by atoms with E-state index in [1.165, 1.54) is 0 Å². The number of carbonyl (C=O) groups is 1. The van der Waals surface area contributed by atoms with Crippen molar-refractivity contribution in [3.63, 3.8) is 0 Å². The second kappa shape index (κ2) is 5.97. The second-order valence-corrected chi connectivity index (χ2v) is 7.38. The molecule has 1 amide bonds. The quantitative estimate of drug-likeness (QED) is 0.886. The summed E-state index contributed by atoms with van der Waals surface area (Å²) in [5.74, 6) is 0.916. The van der Waals surface area contributed by atoms with Crippen molar-refractivity contribution in [2.75, 3.05) is 7.11 Å². The van der Waals surface area contributed by atoms with Crippen molar-refractivity contribution in [2.24, 2.45) is 5.73 Å². The van der Waals surface area contributed by atoms with Gasteiger partial charge in [-0.25, -0.2) is 0 Å². The average Bonchev–Trinajstić information content (AvgIpc) is 2.39. The zero-order chi connectivity index (χ0) is 15.8. The monoisotopic (exact) mass is 354 g/mol. The van der Waals surface area contributed by atoms with E-state index >= 15 is 0 Å².